The summed E-state index contributed by atoms with van der Waals surface area (Å²) in [5.41, 5.74) is 0.407. The number of fused-ring (bicyclic) bond motifs is 1. The number of hydrogen-bond donors (Lipinski definition) is 0. The Morgan fingerprint density at radius 2 is 0.879 bits per heavy atom. The Labute approximate surface area is 330 Å². The van der Waals surface area contributed by atoms with Gasteiger partial charge in [0.1, 0.15) is 57.8 Å². The van der Waals surface area contributed by atoms with Gasteiger partial charge >= 0.3 is 35.8 Å². The maximum atomic E-state index is 13.3. The lowest BCUT2D eigenvalue weighted by molar-refractivity contribution is -0.129. The lowest BCUT2D eigenvalue weighted by atomic mass is 10.1. The summed E-state index contributed by atoms with van der Waals surface area (Å²) in [5, 5.41) is 0. The van der Waals surface area contributed by atoms with Crippen LogP contribution in [0.3, 0.4) is 0 Å². The molecular formula is C42H34O16. The Balaban J connectivity index is 1.02. The van der Waals surface area contributed by atoms with E-state index in [0.717, 1.165) is 12.2 Å². The Bertz CT molecular complexity index is 2090. The summed E-state index contributed by atoms with van der Waals surface area (Å²) in [6.45, 7) is 6.55. The molecule has 0 aromatic heterocycles. The van der Waals surface area contributed by atoms with Crippen LogP contribution in [0, 0.1) is 0 Å². The summed E-state index contributed by atoms with van der Waals surface area (Å²) >= 11 is 0. The molecule has 4 atom stereocenters. The molecule has 6 rings (SSSR count). The van der Waals surface area contributed by atoms with Crippen LogP contribution in [0.15, 0.2) is 110 Å². The molecule has 0 amide bonds. The first-order valence-electron chi connectivity index (χ1n) is 17.3. The summed E-state index contributed by atoms with van der Waals surface area (Å²) in [6, 6.07) is 19.6. The highest BCUT2D eigenvalue weighted by Crippen LogP contribution is 2.34. The van der Waals surface area contributed by atoms with Crippen molar-refractivity contribution in [2.75, 3.05) is 27.4 Å². The summed E-state index contributed by atoms with van der Waals surface area (Å²) in [4.78, 5) is 74.8. The second-order valence-electron chi connectivity index (χ2n) is 12.3. The summed E-state index contributed by atoms with van der Waals surface area (Å²) in [6.07, 6.45) is -1.22. The summed E-state index contributed by atoms with van der Waals surface area (Å²) < 4.78 is 54.8. The van der Waals surface area contributed by atoms with Crippen molar-refractivity contribution in [3.8, 4) is 34.5 Å². The molecule has 0 spiro atoms. The van der Waals surface area contributed by atoms with Crippen molar-refractivity contribution in [1.82, 2.24) is 0 Å². The van der Waals surface area contributed by atoms with Crippen LogP contribution in [-0.2, 0) is 28.5 Å². The van der Waals surface area contributed by atoms with Gasteiger partial charge < -0.3 is 47.4 Å². The second kappa shape index (κ2) is 18.1. The van der Waals surface area contributed by atoms with Crippen LogP contribution in [-0.4, -0.2) is 87.7 Å². The Kier molecular flexibility index (Phi) is 12.6. The smallest absolute Gasteiger partial charge is 0.343 e. The Morgan fingerprint density at radius 1 is 0.517 bits per heavy atom. The number of methoxy groups -OCH3 is 2. The minimum absolute atomic E-state index is 0.0331. The number of carbonyl (C=O) groups excluding carboxylic acids is 6. The molecule has 0 unspecified atom stereocenters. The van der Waals surface area contributed by atoms with Gasteiger partial charge in [-0.15, -0.1) is 0 Å². The van der Waals surface area contributed by atoms with E-state index < -0.39 is 60.2 Å². The molecule has 4 aromatic carbocycles. The predicted molar refractivity (Wildman–Crippen MR) is 198 cm³/mol. The molecule has 4 aromatic rings. The van der Waals surface area contributed by atoms with E-state index in [1.165, 1.54) is 99.1 Å². The lowest BCUT2D eigenvalue weighted by Crippen LogP contribution is -2.36. The van der Waals surface area contributed by atoms with Crippen LogP contribution in [0.25, 0.3) is 0 Å². The fourth-order valence-corrected chi connectivity index (χ4v) is 5.81. The molecule has 2 saturated heterocycles. The number of rotatable bonds is 14. The van der Waals surface area contributed by atoms with Crippen molar-refractivity contribution in [2.45, 2.75) is 24.4 Å². The molecule has 58 heavy (non-hydrogen) atoms. The van der Waals surface area contributed by atoms with Gasteiger partial charge in [0.25, 0.3) is 0 Å². The predicted octanol–water partition coefficient (Wildman–Crippen LogP) is 4.87. The number of hydrogen-bond acceptors (Lipinski definition) is 16. The standard InChI is InChI=1S/C42H34O16/c1-5-35(43)53-25-11-7-23(8-12-25)39(45)55-27-15-17-29(31(19-27)49-3)41(47)57-33-21-51-38-34(22-52-37(33)38)58-42(48)30-18-16-28(20-32(30)50-4)56-40(46)24-9-13-26(14-10-24)54-36(44)6-2/h5-20,33-34,37-38H,1-2,21-22H2,3-4H3/t33-,34-,37-,38-/m1/s1. The second-order valence-corrected chi connectivity index (χ2v) is 12.3. The quantitative estimate of drug-likeness (QED) is 0.0952. The lowest BCUT2D eigenvalue weighted by Gasteiger charge is -2.18. The highest BCUT2D eigenvalue weighted by Gasteiger charge is 2.51. The SMILES string of the molecule is C=CC(=O)Oc1ccc(C(=O)Oc2ccc(C(=O)O[C@@H]3CO[C@H]4[C@@H]3OC[C@H]4OC(=O)c3ccc(OC(=O)c4ccc(OC(=O)C=C)cc4)cc3OC)c(OC)c2)cc1. The van der Waals surface area contributed by atoms with Gasteiger partial charge in [-0.25, -0.2) is 28.8 Å². The monoisotopic (exact) mass is 794 g/mol. The third kappa shape index (κ3) is 9.38. The van der Waals surface area contributed by atoms with E-state index in [4.69, 9.17) is 47.4 Å². The van der Waals surface area contributed by atoms with Crippen LogP contribution in [0.1, 0.15) is 41.4 Å². The van der Waals surface area contributed by atoms with E-state index in [2.05, 4.69) is 13.2 Å². The molecule has 16 heteroatoms. The highest BCUT2D eigenvalue weighted by molar-refractivity contribution is 5.95. The van der Waals surface area contributed by atoms with E-state index in [0.29, 0.717) is 0 Å². The number of benzene rings is 4. The maximum absolute atomic E-state index is 13.3. The molecule has 0 aliphatic carbocycles. The fraction of sp³-hybridized carbons (Fsp3) is 0.190. The molecule has 0 radical (unpaired) electrons. The first kappa shape index (κ1) is 40.4. The van der Waals surface area contributed by atoms with Crippen molar-refractivity contribution in [3.05, 3.63) is 132 Å². The zero-order chi connectivity index (χ0) is 41.3. The van der Waals surface area contributed by atoms with Gasteiger partial charge in [0.15, 0.2) is 12.2 Å². The van der Waals surface area contributed by atoms with E-state index in [1.807, 2.05) is 0 Å². The average molecular weight is 795 g/mol. The molecule has 2 fully saturated rings. The number of esters is 6. The van der Waals surface area contributed by atoms with Crippen LogP contribution >= 0.6 is 0 Å². The van der Waals surface area contributed by atoms with Crippen molar-refractivity contribution >= 4 is 35.8 Å². The van der Waals surface area contributed by atoms with Gasteiger partial charge in [-0.2, -0.15) is 0 Å². The van der Waals surface area contributed by atoms with E-state index in [9.17, 15) is 28.8 Å². The van der Waals surface area contributed by atoms with Gasteiger partial charge in [-0.1, -0.05) is 13.2 Å². The molecule has 0 saturated carbocycles. The van der Waals surface area contributed by atoms with E-state index in [-0.39, 0.29) is 70.0 Å². The average Bonchev–Trinajstić information content (AvgIpc) is 3.83. The molecule has 0 N–H and O–H groups in total. The summed E-state index contributed by atoms with van der Waals surface area (Å²) in [5.74, 6) is -3.54. The zero-order valence-electron chi connectivity index (χ0n) is 30.9. The van der Waals surface area contributed by atoms with Gasteiger partial charge in [-0.3, -0.25) is 0 Å². The van der Waals surface area contributed by atoms with Crippen molar-refractivity contribution in [2.24, 2.45) is 0 Å². The van der Waals surface area contributed by atoms with Gasteiger partial charge in [0.2, 0.25) is 0 Å². The van der Waals surface area contributed by atoms with Crippen LogP contribution in [0.4, 0.5) is 0 Å². The molecule has 298 valence electrons. The zero-order valence-corrected chi connectivity index (χ0v) is 30.9. The number of carbonyl (C=O) groups is 6. The molecule has 16 nitrogen and oxygen atoms in total. The van der Waals surface area contributed by atoms with Gasteiger partial charge in [0, 0.05) is 24.3 Å². The van der Waals surface area contributed by atoms with Crippen molar-refractivity contribution < 1.29 is 76.1 Å². The minimum atomic E-state index is -0.862. The van der Waals surface area contributed by atoms with Crippen molar-refractivity contribution in [3.63, 3.8) is 0 Å². The molecule has 2 aliphatic heterocycles. The topological polar surface area (TPSA) is 195 Å². The Hall–Kier alpha value is -7.30. The first-order chi connectivity index (χ1) is 28.0. The maximum Gasteiger partial charge on any atom is 0.343 e. The van der Waals surface area contributed by atoms with E-state index >= 15 is 0 Å². The third-order valence-corrected chi connectivity index (χ3v) is 8.64. The molecule has 2 aliphatic rings. The van der Waals surface area contributed by atoms with Gasteiger partial charge in [-0.05, 0) is 72.8 Å². The largest absolute Gasteiger partial charge is 0.496 e. The highest BCUT2D eigenvalue weighted by atomic mass is 16.7. The van der Waals surface area contributed by atoms with Crippen LogP contribution in [0.2, 0.25) is 0 Å². The number of ether oxygens (including phenoxy) is 10. The van der Waals surface area contributed by atoms with Gasteiger partial charge in [0.05, 0.1) is 38.6 Å². The summed E-state index contributed by atoms with van der Waals surface area (Å²) in [7, 11) is 2.66. The van der Waals surface area contributed by atoms with Crippen LogP contribution < -0.4 is 28.4 Å². The van der Waals surface area contributed by atoms with Crippen molar-refractivity contribution in [1.29, 1.82) is 0 Å². The molecule has 2 heterocycles. The molecule has 0 bridgehead atoms. The first-order valence-corrected chi connectivity index (χ1v) is 17.3. The minimum Gasteiger partial charge on any atom is -0.496 e. The molecular weight excluding hydrogens is 760 g/mol. The fourth-order valence-electron chi connectivity index (χ4n) is 5.81. The van der Waals surface area contributed by atoms with Crippen LogP contribution in [0.5, 0.6) is 34.5 Å². The third-order valence-electron chi connectivity index (χ3n) is 8.64. The normalized spacial score (nSPS) is 17.8. The van der Waals surface area contributed by atoms with E-state index in [1.54, 1.807) is 0 Å². The Morgan fingerprint density at radius 3 is 1.22 bits per heavy atom.